The van der Waals surface area contributed by atoms with Crippen LogP contribution >= 0.6 is 24.8 Å². The number of allylic oxidation sites excluding steroid dienone is 1. The Morgan fingerprint density at radius 2 is 2.07 bits per heavy atom. The molecule has 2 aromatic heterocycles. The number of hydrogen-bond acceptors (Lipinski definition) is 5. The first-order valence-electron chi connectivity index (χ1n) is 9.65. The van der Waals surface area contributed by atoms with Crippen molar-refractivity contribution in [1.29, 1.82) is 0 Å². The smallest absolute Gasteiger partial charge is 0.238 e. The molecule has 0 saturated heterocycles. The molecule has 0 aromatic carbocycles. The number of H-pyrrole nitrogens is 1. The molecule has 8 heteroatoms. The van der Waals surface area contributed by atoms with E-state index in [0.717, 1.165) is 23.5 Å². The summed E-state index contributed by atoms with van der Waals surface area (Å²) < 4.78 is 0. The summed E-state index contributed by atoms with van der Waals surface area (Å²) in [6.07, 6.45) is 9.09. The first-order valence-corrected chi connectivity index (χ1v) is 9.65. The van der Waals surface area contributed by atoms with E-state index in [0.29, 0.717) is 28.9 Å². The quantitative estimate of drug-likeness (QED) is 0.615. The predicted octanol–water partition coefficient (Wildman–Crippen LogP) is 5.24. The van der Waals surface area contributed by atoms with E-state index >= 15 is 0 Å². The van der Waals surface area contributed by atoms with Crippen molar-refractivity contribution in [3.63, 3.8) is 0 Å². The number of pyridine rings is 1. The second-order valence-corrected chi connectivity index (χ2v) is 8.86. The Labute approximate surface area is 183 Å². The van der Waals surface area contributed by atoms with Crippen molar-refractivity contribution in [3.05, 3.63) is 29.6 Å². The van der Waals surface area contributed by atoms with Gasteiger partial charge in [0.25, 0.3) is 0 Å². The molecule has 3 atom stereocenters. The molecule has 3 aliphatic rings. The maximum Gasteiger partial charge on any atom is 0.238 e. The molecule has 3 heterocycles. The molecule has 2 aromatic rings. The number of aliphatic imine (C=N–C) groups is 1. The van der Waals surface area contributed by atoms with Crippen molar-refractivity contribution in [2.45, 2.75) is 46.1 Å². The lowest BCUT2D eigenvalue weighted by Crippen LogP contribution is -2.40. The minimum Gasteiger partial charge on any atom is -0.492 e. The summed E-state index contributed by atoms with van der Waals surface area (Å²) in [5.41, 5.74) is 3.05. The molecule has 0 unspecified atom stereocenters. The first kappa shape index (κ1) is 21.7. The highest BCUT2D eigenvalue weighted by molar-refractivity contribution is 6.20. The number of nitrogens with zero attached hydrogens (tertiary/aromatic N) is 3. The van der Waals surface area contributed by atoms with E-state index in [1.54, 1.807) is 12.4 Å². The first-order chi connectivity index (χ1) is 12.9. The van der Waals surface area contributed by atoms with Crippen LogP contribution in [0.2, 0.25) is 0 Å². The molecule has 29 heavy (non-hydrogen) atoms. The molecule has 6 nitrogen and oxygen atoms in total. The molecular weight excluding hydrogens is 409 g/mol. The van der Waals surface area contributed by atoms with Gasteiger partial charge in [0.1, 0.15) is 5.69 Å². The fraction of sp³-hybridized carbons (Fsp3) is 0.476. The maximum atomic E-state index is 10.3. The Morgan fingerprint density at radius 3 is 2.76 bits per heavy atom. The number of aromatic amines is 1. The zero-order valence-corrected chi connectivity index (χ0v) is 18.4. The third-order valence-corrected chi connectivity index (χ3v) is 7.54. The van der Waals surface area contributed by atoms with Crippen LogP contribution in [0.25, 0.3) is 11.6 Å². The molecule has 0 amide bonds. The van der Waals surface area contributed by atoms with Crippen LogP contribution in [0.15, 0.2) is 23.3 Å². The van der Waals surface area contributed by atoms with E-state index in [2.05, 4.69) is 46.0 Å². The summed E-state index contributed by atoms with van der Waals surface area (Å²) in [4.78, 5) is 16.1. The van der Waals surface area contributed by atoms with Crippen LogP contribution in [0.3, 0.4) is 0 Å². The highest BCUT2D eigenvalue weighted by Gasteiger charge is 2.61. The van der Waals surface area contributed by atoms with E-state index in [1.807, 2.05) is 18.2 Å². The van der Waals surface area contributed by atoms with Gasteiger partial charge in [-0.3, -0.25) is 0 Å². The summed E-state index contributed by atoms with van der Waals surface area (Å²) in [5.74, 6) is 2.10. The average Bonchev–Trinajstić information content (AvgIpc) is 3.30. The van der Waals surface area contributed by atoms with Crippen LogP contribution in [0.4, 0.5) is 11.8 Å². The van der Waals surface area contributed by atoms with Gasteiger partial charge in [-0.15, -0.1) is 24.8 Å². The number of nitrogens with one attached hydrogen (secondary N) is 2. The van der Waals surface area contributed by atoms with Crippen molar-refractivity contribution in [3.8, 4) is 5.88 Å². The molecule has 2 saturated carbocycles. The minimum absolute atomic E-state index is 0. The standard InChI is InChI=1S/C21H25N5O.2ClH/c1-20(2)13-6-7-21(20,3)16(10-13)25-19-24-15(18(27)26-19)9-12-11-23-17-14(12)5-4-8-22-17;;/h4-5,8-9,11,13,16,27H,6-7,10H2,1-3H3,(H2,24,25,26);2*1H/t13-,16+,21+;;/m1../s1. The van der Waals surface area contributed by atoms with E-state index in [1.165, 1.54) is 12.8 Å². The van der Waals surface area contributed by atoms with Crippen LogP contribution < -0.4 is 5.32 Å². The summed E-state index contributed by atoms with van der Waals surface area (Å²) >= 11 is 0. The number of fused-ring (bicyclic) bond motifs is 3. The number of aromatic nitrogens is 3. The van der Waals surface area contributed by atoms with Crippen LogP contribution in [0.5, 0.6) is 5.88 Å². The Kier molecular flexibility index (Phi) is 5.47. The Balaban J connectivity index is 0.00000120. The van der Waals surface area contributed by atoms with Crippen molar-refractivity contribution in [1.82, 2.24) is 15.0 Å². The molecule has 3 N–H and O–H groups in total. The number of aromatic hydroxyl groups is 1. The Hall–Kier alpha value is -2.05. The second kappa shape index (κ2) is 7.33. The van der Waals surface area contributed by atoms with Crippen LogP contribution in [-0.2, 0) is 0 Å². The van der Waals surface area contributed by atoms with Gasteiger partial charge in [0.15, 0.2) is 5.82 Å². The van der Waals surface area contributed by atoms with E-state index in [4.69, 9.17) is 0 Å². The monoisotopic (exact) mass is 435 g/mol. The Bertz CT molecular complexity index is 983. The van der Waals surface area contributed by atoms with Gasteiger partial charge < -0.3 is 15.4 Å². The fourth-order valence-corrected chi connectivity index (χ4v) is 5.33. The van der Waals surface area contributed by atoms with Crippen molar-refractivity contribution in [2.24, 2.45) is 21.7 Å². The lowest BCUT2D eigenvalue weighted by Gasteiger charge is -2.39. The van der Waals surface area contributed by atoms with Gasteiger partial charge in [0.2, 0.25) is 11.8 Å². The molecule has 156 valence electrons. The number of hydrogen-bond donors (Lipinski definition) is 3. The lowest BCUT2D eigenvalue weighted by atomic mass is 9.69. The molecule has 0 spiro atoms. The summed E-state index contributed by atoms with van der Waals surface area (Å²) in [6.45, 7) is 7.18. The summed E-state index contributed by atoms with van der Waals surface area (Å²) in [5, 5.41) is 13.9. The summed E-state index contributed by atoms with van der Waals surface area (Å²) in [6, 6.07) is 4.24. The molecule has 2 aliphatic carbocycles. The van der Waals surface area contributed by atoms with E-state index in [-0.39, 0.29) is 36.1 Å². The minimum atomic E-state index is 0. The molecule has 2 fully saturated rings. The second-order valence-electron chi connectivity index (χ2n) is 8.86. The number of anilines is 1. The SMILES string of the molecule is CC1(C)[C@@H]2CC[C@@]1(C)[C@@H](Nc1nc(O)c(C=C3C=Nc4ncccc43)[nH]1)C2.Cl.Cl. The third kappa shape index (κ3) is 3.13. The summed E-state index contributed by atoms with van der Waals surface area (Å²) in [7, 11) is 0. The van der Waals surface area contributed by atoms with Crippen LogP contribution in [0.1, 0.15) is 51.3 Å². The van der Waals surface area contributed by atoms with Gasteiger partial charge in [-0.25, -0.2) is 9.98 Å². The van der Waals surface area contributed by atoms with Gasteiger partial charge in [-0.05, 0) is 54.2 Å². The average molecular weight is 436 g/mol. The van der Waals surface area contributed by atoms with E-state index in [9.17, 15) is 5.11 Å². The predicted molar refractivity (Wildman–Crippen MR) is 122 cm³/mol. The molecule has 0 radical (unpaired) electrons. The Morgan fingerprint density at radius 1 is 1.28 bits per heavy atom. The van der Waals surface area contributed by atoms with Crippen LogP contribution in [0, 0.1) is 16.7 Å². The number of imidazole rings is 1. The van der Waals surface area contributed by atoms with Gasteiger partial charge in [-0.2, -0.15) is 4.98 Å². The van der Waals surface area contributed by atoms with Gasteiger partial charge in [0, 0.05) is 29.6 Å². The van der Waals surface area contributed by atoms with Crippen molar-refractivity contribution < 1.29 is 5.11 Å². The zero-order chi connectivity index (χ0) is 18.8. The maximum absolute atomic E-state index is 10.3. The number of rotatable bonds is 3. The molecule has 1 aliphatic heterocycles. The van der Waals surface area contributed by atoms with E-state index < -0.39 is 0 Å². The number of halogens is 2. The lowest BCUT2D eigenvalue weighted by molar-refractivity contribution is 0.142. The van der Waals surface area contributed by atoms with Gasteiger partial charge in [0.05, 0.1) is 0 Å². The normalized spacial score (nSPS) is 29.4. The fourth-order valence-electron chi connectivity index (χ4n) is 5.33. The largest absolute Gasteiger partial charge is 0.492 e. The van der Waals surface area contributed by atoms with Crippen molar-refractivity contribution >= 4 is 54.4 Å². The van der Waals surface area contributed by atoms with Crippen LogP contribution in [-0.4, -0.2) is 32.3 Å². The molecule has 2 bridgehead atoms. The highest BCUT2D eigenvalue weighted by atomic mass is 35.5. The molecule has 5 rings (SSSR count). The molecular formula is C21H27Cl2N5O. The topological polar surface area (TPSA) is 86.2 Å². The van der Waals surface area contributed by atoms with Gasteiger partial charge >= 0.3 is 0 Å². The van der Waals surface area contributed by atoms with Gasteiger partial charge in [-0.1, -0.05) is 20.8 Å². The zero-order valence-electron chi connectivity index (χ0n) is 16.8. The highest BCUT2D eigenvalue weighted by Crippen LogP contribution is 2.65. The third-order valence-electron chi connectivity index (χ3n) is 7.54. The van der Waals surface area contributed by atoms with Crippen molar-refractivity contribution in [2.75, 3.05) is 5.32 Å².